The van der Waals surface area contributed by atoms with Gasteiger partial charge in [0, 0.05) is 11.6 Å². The SMILES string of the molecule is Cc1cc([N+](=O)[O-])c(C)cc1OC1CS(=O)(=O)CC1O. The molecule has 20 heavy (non-hydrogen) atoms. The van der Waals surface area contributed by atoms with E-state index in [9.17, 15) is 23.6 Å². The minimum absolute atomic E-state index is 0.0190. The Bertz CT molecular complexity index is 654. The summed E-state index contributed by atoms with van der Waals surface area (Å²) in [5.74, 6) is -0.207. The monoisotopic (exact) mass is 301 g/mol. The summed E-state index contributed by atoms with van der Waals surface area (Å²) < 4.78 is 28.3. The van der Waals surface area contributed by atoms with Gasteiger partial charge in [0.15, 0.2) is 9.84 Å². The largest absolute Gasteiger partial charge is 0.486 e. The molecule has 1 aromatic carbocycles. The lowest BCUT2D eigenvalue weighted by molar-refractivity contribution is -0.385. The molecular weight excluding hydrogens is 286 g/mol. The maximum Gasteiger partial charge on any atom is 0.272 e. The third kappa shape index (κ3) is 2.91. The van der Waals surface area contributed by atoms with Gasteiger partial charge in [-0.1, -0.05) is 0 Å². The van der Waals surface area contributed by atoms with Gasteiger partial charge < -0.3 is 9.84 Å². The molecule has 1 fully saturated rings. The number of aliphatic hydroxyl groups is 1. The molecule has 0 aromatic heterocycles. The molecule has 110 valence electrons. The van der Waals surface area contributed by atoms with E-state index in [0.29, 0.717) is 16.9 Å². The minimum atomic E-state index is -3.29. The van der Waals surface area contributed by atoms with E-state index in [2.05, 4.69) is 0 Å². The van der Waals surface area contributed by atoms with E-state index in [1.165, 1.54) is 12.1 Å². The summed E-state index contributed by atoms with van der Waals surface area (Å²) in [6.45, 7) is 3.21. The smallest absolute Gasteiger partial charge is 0.272 e. The van der Waals surface area contributed by atoms with Crippen molar-refractivity contribution in [2.45, 2.75) is 26.1 Å². The van der Waals surface area contributed by atoms with E-state index in [1.54, 1.807) is 13.8 Å². The lowest BCUT2D eigenvalue weighted by Gasteiger charge is -2.17. The van der Waals surface area contributed by atoms with Gasteiger partial charge in [0.2, 0.25) is 0 Å². The highest BCUT2D eigenvalue weighted by molar-refractivity contribution is 7.91. The van der Waals surface area contributed by atoms with Gasteiger partial charge in [-0.25, -0.2) is 8.42 Å². The fraction of sp³-hybridized carbons (Fsp3) is 0.500. The molecule has 0 aliphatic carbocycles. The molecule has 2 unspecified atom stereocenters. The molecule has 7 nitrogen and oxygen atoms in total. The first kappa shape index (κ1) is 14.7. The highest BCUT2D eigenvalue weighted by Crippen LogP contribution is 2.30. The summed E-state index contributed by atoms with van der Waals surface area (Å²) >= 11 is 0. The predicted octanol–water partition coefficient (Wildman–Crippen LogP) is 0.748. The predicted molar refractivity (Wildman–Crippen MR) is 71.6 cm³/mol. The standard InChI is InChI=1S/C12H15NO6S/c1-7-4-11(8(2)3-9(7)13(15)16)19-12-6-20(17,18)5-10(12)14/h3-4,10,12,14H,5-6H2,1-2H3. The first-order valence-electron chi connectivity index (χ1n) is 6.00. The topological polar surface area (TPSA) is 107 Å². The van der Waals surface area contributed by atoms with E-state index >= 15 is 0 Å². The van der Waals surface area contributed by atoms with Crippen LogP contribution in [0.25, 0.3) is 0 Å². The van der Waals surface area contributed by atoms with Gasteiger partial charge in [0.25, 0.3) is 5.69 Å². The fourth-order valence-corrected chi connectivity index (χ4v) is 3.83. The quantitative estimate of drug-likeness (QED) is 0.652. The summed E-state index contributed by atoms with van der Waals surface area (Å²) in [5, 5.41) is 20.5. The van der Waals surface area contributed by atoms with Crippen LogP contribution >= 0.6 is 0 Å². The van der Waals surface area contributed by atoms with Crippen LogP contribution in [0.1, 0.15) is 11.1 Å². The maximum atomic E-state index is 11.4. The summed E-state index contributed by atoms with van der Waals surface area (Å²) in [6.07, 6.45) is -1.91. The first-order valence-corrected chi connectivity index (χ1v) is 7.82. The number of ether oxygens (including phenoxy) is 1. The Morgan fingerprint density at radius 1 is 1.30 bits per heavy atom. The molecule has 2 rings (SSSR count). The molecular formula is C12H15NO6S. The third-order valence-corrected chi connectivity index (χ3v) is 4.93. The van der Waals surface area contributed by atoms with Crippen molar-refractivity contribution in [3.63, 3.8) is 0 Å². The van der Waals surface area contributed by atoms with Crippen molar-refractivity contribution in [1.82, 2.24) is 0 Å². The molecule has 1 heterocycles. The molecule has 1 aromatic rings. The second kappa shape index (κ2) is 5.02. The normalized spacial score (nSPS) is 24.6. The second-order valence-corrected chi connectivity index (χ2v) is 7.12. The Morgan fingerprint density at radius 3 is 2.45 bits per heavy atom. The summed E-state index contributed by atoms with van der Waals surface area (Å²) in [7, 11) is -3.29. The summed E-state index contributed by atoms with van der Waals surface area (Å²) in [5.41, 5.74) is 0.930. The lowest BCUT2D eigenvalue weighted by Crippen LogP contribution is -2.30. The van der Waals surface area contributed by atoms with E-state index in [1.807, 2.05) is 0 Å². The number of aliphatic hydroxyl groups excluding tert-OH is 1. The molecule has 1 N–H and O–H groups in total. The number of sulfone groups is 1. The van der Waals surface area contributed by atoms with Crippen LogP contribution in [0.3, 0.4) is 0 Å². The van der Waals surface area contributed by atoms with Gasteiger partial charge in [-0.3, -0.25) is 10.1 Å². The van der Waals surface area contributed by atoms with Crippen LogP contribution in [0.5, 0.6) is 5.75 Å². The number of nitrogens with zero attached hydrogens (tertiary/aromatic N) is 1. The van der Waals surface area contributed by atoms with Crippen molar-refractivity contribution in [1.29, 1.82) is 0 Å². The minimum Gasteiger partial charge on any atom is -0.486 e. The van der Waals surface area contributed by atoms with E-state index in [0.717, 1.165) is 0 Å². The second-order valence-electron chi connectivity index (χ2n) is 4.96. The van der Waals surface area contributed by atoms with Gasteiger partial charge in [-0.15, -0.1) is 0 Å². The van der Waals surface area contributed by atoms with Crippen molar-refractivity contribution >= 4 is 15.5 Å². The zero-order valence-corrected chi connectivity index (χ0v) is 11.9. The van der Waals surface area contributed by atoms with Crippen LogP contribution in [0.15, 0.2) is 12.1 Å². The van der Waals surface area contributed by atoms with Crippen molar-refractivity contribution in [3.05, 3.63) is 33.4 Å². The van der Waals surface area contributed by atoms with E-state index in [4.69, 9.17) is 4.74 Å². The first-order chi connectivity index (χ1) is 9.19. The van der Waals surface area contributed by atoms with Crippen LogP contribution in [0.2, 0.25) is 0 Å². The van der Waals surface area contributed by atoms with E-state index in [-0.39, 0.29) is 17.2 Å². The van der Waals surface area contributed by atoms with Gasteiger partial charge in [-0.05, 0) is 25.5 Å². The van der Waals surface area contributed by atoms with Gasteiger partial charge in [-0.2, -0.15) is 0 Å². The summed E-state index contributed by atoms with van der Waals surface area (Å²) in [6, 6.07) is 2.87. The van der Waals surface area contributed by atoms with Gasteiger partial charge in [0.1, 0.15) is 18.0 Å². The maximum absolute atomic E-state index is 11.4. The average Bonchev–Trinajstić information content (AvgIpc) is 2.56. The van der Waals surface area contributed by atoms with Crippen molar-refractivity contribution in [3.8, 4) is 5.75 Å². The number of benzene rings is 1. The van der Waals surface area contributed by atoms with Gasteiger partial charge in [0.05, 0.1) is 16.4 Å². The number of hydrogen-bond acceptors (Lipinski definition) is 6. The fourth-order valence-electron chi connectivity index (χ4n) is 2.17. The highest BCUT2D eigenvalue weighted by atomic mass is 32.2. The lowest BCUT2D eigenvalue weighted by atomic mass is 10.1. The highest BCUT2D eigenvalue weighted by Gasteiger charge is 2.38. The Balaban J connectivity index is 2.27. The molecule has 0 amide bonds. The number of rotatable bonds is 3. The van der Waals surface area contributed by atoms with Crippen LogP contribution in [-0.2, 0) is 9.84 Å². The molecule has 8 heteroatoms. The average molecular weight is 301 g/mol. The zero-order valence-electron chi connectivity index (χ0n) is 11.1. The van der Waals surface area contributed by atoms with Crippen LogP contribution < -0.4 is 4.74 Å². The number of aryl methyl sites for hydroxylation is 2. The Kier molecular flexibility index (Phi) is 3.70. The Morgan fingerprint density at radius 2 is 1.95 bits per heavy atom. The molecule has 0 bridgehead atoms. The summed E-state index contributed by atoms with van der Waals surface area (Å²) in [4.78, 5) is 10.3. The number of nitro benzene ring substituents is 1. The molecule has 0 saturated carbocycles. The van der Waals surface area contributed by atoms with Crippen molar-refractivity contribution in [2.24, 2.45) is 0 Å². The molecule has 1 aliphatic rings. The van der Waals surface area contributed by atoms with Crippen LogP contribution in [-0.4, -0.2) is 42.2 Å². The zero-order chi connectivity index (χ0) is 15.1. The molecule has 1 aliphatic heterocycles. The molecule has 0 radical (unpaired) electrons. The molecule has 1 saturated heterocycles. The molecule has 0 spiro atoms. The van der Waals surface area contributed by atoms with Crippen LogP contribution in [0, 0.1) is 24.0 Å². The number of hydrogen-bond donors (Lipinski definition) is 1. The van der Waals surface area contributed by atoms with Crippen molar-refractivity contribution < 1.29 is 23.2 Å². The van der Waals surface area contributed by atoms with Crippen molar-refractivity contribution in [2.75, 3.05) is 11.5 Å². The Labute approximate surface area is 116 Å². The van der Waals surface area contributed by atoms with E-state index < -0.39 is 27.0 Å². The van der Waals surface area contributed by atoms with Crippen LogP contribution in [0.4, 0.5) is 5.69 Å². The van der Waals surface area contributed by atoms with Gasteiger partial charge >= 0.3 is 0 Å². The number of nitro groups is 1. The Hall–Kier alpha value is -1.67. The molecule has 2 atom stereocenters. The third-order valence-electron chi connectivity index (χ3n) is 3.24.